The molecule has 0 spiro atoms. The van der Waals surface area contributed by atoms with Gasteiger partial charge >= 0.3 is 11.9 Å². The maximum atomic E-state index is 11.7. The van der Waals surface area contributed by atoms with Crippen LogP contribution in [0.1, 0.15) is 27.6 Å². The molecule has 0 saturated carbocycles. The monoisotopic (exact) mass is 247 g/mol. The van der Waals surface area contributed by atoms with Crippen molar-refractivity contribution in [1.29, 1.82) is 0 Å². The van der Waals surface area contributed by atoms with Gasteiger partial charge < -0.3 is 14.5 Å². The molecule has 1 aromatic carbocycles. The summed E-state index contributed by atoms with van der Waals surface area (Å²) in [6.45, 7) is 2.05. The minimum Gasteiger partial charge on any atom is -0.465 e. The van der Waals surface area contributed by atoms with Crippen molar-refractivity contribution in [1.82, 2.24) is 4.98 Å². The number of methoxy groups -OCH3 is 1. The highest BCUT2D eigenvalue weighted by Gasteiger charge is 2.15. The van der Waals surface area contributed by atoms with Crippen LogP contribution in [0.25, 0.3) is 10.9 Å². The number of aromatic amines is 1. The summed E-state index contributed by atoms with van der Waals surface area (Å²) in [6, 6.07) is 4.98. The van der Waals surface area contributed by atoms with Gasteiger partial charge in [-0.2, -0.15) is 0 Å². The van der Waals surface area contributed by atoms with E-state index < -0.39 is 11.9 Å². The van der Waals surface area contributed by atoms with Crippen molar-refractivity contribution in [3.05, 3.63) is 35.5 Å². The third-order valence-corrected chi connectivity index (χ3v) is 2.60. The summed E-state index contributed by atoms with van der Waals surface area (Å²) >= 11 is 0. The van der Waals surface area contributed by atoms with E-state index in [1.54, 1.807) is 31.3 Å². The van der Waals surface area contributed by atoms with Crippen LogP contribution in [0.5, 0.6) is 0 Å². The number of esters is 2. The highest BCUT2D eigenvalue weighted by atomic mass is 16.5. The van der Waals surface area contributed by atoms with Crippen molar-refractivity contribution >= 4 is 22.8 Å². The lowest BCUT2D eigenvalue weighted by molar-refractivity contribution is 0.0527. The minimum atomic E-state index is -0.437. The molecule has 0 bridgehead atoms. The highest BCUT2D eigenvalue weighted by Crippen LogP contribution is 2.21. The van der Waals surface area contributed by atoms with E-state index >= 15 is 0 Å². The van der Waals surface area contributed by atoms with Crippen LogP contribution in [0.3, 0.4) is 0 Å². The summed E-state index contributed by atoms with van der Waals surface area (Å²) in [5.41, 5.74) is 1.58. The quantitative estimate of drug-likeness (QED) is 0.843. The second-order valence-corrected chi connectivity index (χ2v) is 3.67. The lowest BCUT2D eigenvalue weighted by atomic mass is 10.1. The van der Waals surface area contributed by atoms with Crippen molar-refractivity contribution in [2.24, 2.45) is 0 Å². The molecule has 0 atom stereocenters. The fourth-order valence-corrected chi connectivity index (χ4v) is 1.74. The predicted molar refractivity (Wildman–Crippen MR) is 65.6 cm³/mol. The molecule has 0 aliphatic carbocycles. The number of H-pyrrole nitrogens is 1. The Morgan fingerprint density at radius 3 is 2.72 bits per heavy atom. The third-order valence-electron chi connectivity index (χ3n) is 2.60. The summed E-state index contributed by atoms with van der Waals surface area (Å²) in [6.07, 6.45) is 1.57. The summed E-state index contributed by atoms with van der Waals surface area (Å²) in [7, 11) is 1.32. The first-order valence-electron chi connectivity index (χ1n) is 5.54. The Hall–Kier alpha value is -2.30. The van der Waals surface area contributed by atoms with E-state index in [2.05, 4.69) is 9.72 Å². The minimum absolute atomic E-state index is 0.308. The van der Waals surface area contributed by atoms with Crippen LogP contribution in [0.15, 0.2) is 24.4 Å². The van der Waals surface area contributed by atoms with Crippen LogP contribution in [0.4, 0.5) is 0 Å². The molecule has 0 aliphatic rings. The second-order valence-electron chi connectivity index (χ2n) is 3.67. The van der Waals surface area contributed by atoms with Gasteiger partial charge in [0.05, 0.1) is 24.8 Å². The average Bonchev–Trinajstić information content (AvgIpc) is 2.80. The topological polar surface area (TPSA) is 68.4 Å². The molecule has 5 nitrogen and oxygen atoms in total. The number of rotatable bonds is 3. The van der Waals surface area contributed by atoms with Crippen LogP contribution < -0.4 is 0 Å². The van der Waals surface area contributed by atoms with Crippen molar-refractivity contribution in [3.63, 3.8) is 0 Å². The highest BCUT2D eigenvalue weighted by molar-refractivity contribution is 6.06. The molecule has 5 heteroatoms. The lowest BCUT2D eigenvalue weighted by Gasteiger charge is -2.01. The van der Waals surface area contributed by atoms with Crippen LogP contribution in [-0.2, 0) is 9.47 Å². The number of carbonyl (C=O) groups is 2. The molecule has 0 saturated heterocycles. The van der Waals surface area contributed by atoms with E-state index in [4.69, 9.17) is 4.74 Å². The van der Waals surface area contributed by atoms with Gasteiger partial charge in [0.15, 0.2) is 0 Å². The number of ether oxygens (including phenoxy) is 2. The van der Waals surface area contributed by atoms with Crippen LogP contribution >= 0.6 is 0 Å². The molecule has 94 valence electrons. The summed E-state index contributed by atoms with van der Waals surface area (Å²) < 4.78 is 9.59. The Bertz CT molecular complexity index is 600. The van der Waals surface area contributed by atoms with Gasteiger partial charge in [-0.3, -0.25) is 0 Å². The molecular formula is C13H13NO4. The summed E-state index contributed by atoms with van der Waals surface area (Å²) in [5, 5.41) is 0.649. The van der Waals surface area contributed by atoms with E-state index in [1.165, 1.54) is 7.11 Å². The SMILES string of the molecule is CCOC(=O)c1c[nH]c2ccc(C(=O)OC)cc12. The molecule has 0 aliphatic heterocycles. The van der Waals surface area contributed by atoms with Crippen LogP contribution in [-0.4, -0.2) is 30.6 Å². The van der Waals surface area contributed by atoms with E-state index in [0.29, 0.717) is 23.1 Å². The zero-order chi connectivity index (χ0) is 13.1. The fraction of sp³-hybridized carbons (Fsp3) is 0.231. The molecule has 0 amide bonds. The normalized spacial score (nSPS) is 10.3. The largest absolute Gasteiger partial charge is 0.465 e. The van der Waals surface area contributed by atoms with Crippen LogP contribution in [0, 0.1) is 0 Å². The zero-order valence-corrected chi connectivity index (χ0v) is 10.1. The van der Waals surface area contributed by atoms with Crippen molar-refractivity contribution in [3.8, 4) is 0 Å². The van der Waals surface area contributed by atoms with Gasteiger partial charge in [-0.1, -0.05) is 0 Å². The number of hydrogen-bond acceptors (Lipinski definition) is 4. The number of aromatic nitrogens is 1. The number of benzene rings is 1. The molecular weight excluding hydrogens is 234 g/mol. The Morgan fingerprint density at radius 2 is 2.06 bits per heavy atom. The van der Waals surface area contributed by atoms with Gasteiger partial charge in [-0.25, -0.2) is 9.59 Å². The molecule has 1 aromatic heterocycles. The second kappa shape index (κ2) is 4.91. The first kappa shape index (κ1) is 12.2. The molecule has 1 N–H and O–H groups in total. The summed E-state index contributed by atoms with van der Waals surface area (Å²) in [5.74, 6) is -0.848. The Balaban J connectivity index is 2.49. The lowest BCUT2D eigenvalue weighted by Crippen LogP contribution is -2.04. The number of fused-ring (bicyclic) bond motifs is 1. The summed E-state index contributed by atoms with van der Waals surface area (Å²) in [4.78, 5) is 26.1. The number of hydrogen-bond donors (Lipinski definition) is 1. The van der Waals surface area contributed by atoms with Gasteiger partial charge in [0, 0.05) is 17.1 Å². The number of carbonyl (C=O) groups excluding carboxylic acids is 2. The first-order chi connectivity index (χ1) is 8.67. The molecule has 1 heterocycles. The smallest absolute Gasteiger partial charge is 0.340 e. The fourth-order valence-electron chi connectivity index (χ4n) is 1.74. The van der Waals surface area contributed by atoms with E-state index in [1.807, 2.05) is 0 Å². The van der Waals surface area contributed by atoms with Crippen LogP contribution in [0.2, 0.25) is 0 Å². The molecule has 0 fully saturated rings. The van der Waals surface area contributed by atoms with E-state index in [-0.39, 0.29) is 0 Å². The van der Waals surface area contributed by atoms with E-state index in [9.17, 15) is 9.59 Å². The van der Waals surface area contributed by atoms with Gasteiger partial charge in [0.2, 0.25) is 0 Å². The van der Waals surface area contributed by atoms with Gasteiger partial charge in [0.25, 0.3) is 0 Å². The molecule has 2 aromatic rings. The van der Waals surface area contributed by atoms with Gasteiger partial charge in [0.1, 0.15) is 0 Å². The Labute approximate surface area is 104 Å². The van der Waals surface area contributed by atoms with E-state index in [0.717, 1.165) is 5.52 Å². The van der Waals surface area contributed by atoms with Crippen molar-refractivity contribution in [2.75, 3.05) is 13.7 Å². The molecule has 2 rings (SSSR count). The Morgan fingerprint density at radius 1 is 1.28 bits per heavy atom. The number of nitrogens with one attached hydrogen (secondary N) is 1. The van der Waals surface area contributed by atoms with Gasteiger partial charge in [-0.15, -0.1) is 0 Å². The molecule has 0 radical (unpaired) electrons. The van der Waals surface area contributed by atoms with Gasteiger partial charge in [-0.05, 0) is 25.1 Å². The standard InChI is InChI=1S/C13H13NO4/c1-3-18-13(16)10-7-14-11-5-4-8(6-9(10)11)12(15)17-2/h4-7,14H,3H2,1-2H3. The average molecular weight is 247 g/mol. The predicted octanol–water partition coefficient (Wildman–Crippen LogP) is 2.13. The first-order valence-corrected chi connectivity index (χ1v) is 5.54. The zero-order valence-electron chi connectivity index (χ0n) is 10.1. The Kier molecular flexibility index (Phi) is 3.32. The third kappa shape index (κ3) is 2.07. The maximum Gasteiger partial charge on any atom is 0.340 e. The molecule has 18 heavy (non-hydrogen) atoms. The van der Waals surface area contributed by atoms with Crippen molar-refractivity contribution in [2.45, 2.75) is 6.92 Å². The maximum absolute atomic E-state index is 11.7. The van der Waals surface area contributed by atoms with Crippen molar-refractivity contribution < 1.29 is 19.1 Å². The molecule has 0 unspecified atom stereocenters.